The van der Waals surface area contributed by atoms with Crippen LogP contribution in [-0.2, 0) is 9.59 Å². The second-order valence-corrected chi connectivity index (χ2v) is 8.52. The van der Waals surface area contributed by atoms with Crippen LogP contribution >= 0.6 is 11.6 Å². The normalized spacial score (nSPS) is 27.7. The number of halogens is 1. The van der Waals surface area contributed by atoms with Gasteiger partial charge in [0.25, 0.3) is 11.5 Å². The zero-order chi connectivity index (χ0) is 20.4. The number of pyridine rings is 1. The molecule has 3 aliphatic rings. The molecule has 8 heteroatoms. The summed E-state index contributed by atoms with van der Waals surface area (Å²) in [7, 11) is 0. The Kier molecular flexibility index (Phi) is 3.77. The number of imide groups is 1. The summed E-state index contributed by atoms with van der Waals surface area (Å²) >= 11 is 6.00. The first-order chi connectivity index (χ1) is 13.9. The average Bonchev–Trinajstić information content (AvgIpc) is 3.27. The lowest BCUT2D eigenvalue weighted by Gasteiger charge is -2.25. The number of nitrogens with one attached hydrogen (secondary N) is 2. The fraction of sp³-hybridized carbons (Fsp3) is 0.333. The quantitative estimate of drug-likeness (QED) is 0.738. The van der Waals surface area contributed by atoms with Crippen molar-refractivity contribution in [2.45, 2.75) is 19.3 Å². The van der Waals surface area contributed by atoms with E-state index in [0.29, 0.717) is 23.6 Å². The van der Waals surface area contributed by atoms with Crippen LogP contribution in [0.4, 0.5) is 0 Å². The van der Waals surface area contributed by atoms with Gasteiger partial charge in [-0.3, -0.25) is 24.5 Å². The Balaban J connectivity index is 1.46. The summed E-state index contributed by atoms with van der Waals surface area (Å²) < 4.78 is 0. The molecule has 0 bridgehead atoms. The van der Waals surface area contributed by atoms with Gasteiger partial charge < -0.3 is 9.88 Å². The summed E-state index contributed by atoms with van der Waals surface area (Å²) in [5.41, 5.74) is -0.940. The molecular formula is C21H18ClN3O4. The highest BCUT2D eigenvalue weighted by molar-refractivity contribution is 6.30. The van der Waals surface area contributed by atoms with Crippen LogP contribution in [0.5, 0.6) is 0 Å². The van der Waals surface area contributed by atoms with Crippen LogP contribution in [-0.4, -0.2) is 40.7 Å². The number of carbonyl (C=O) groups excluding carboxylic acids is 3. The highest BCUT2D eigenvalue weighted by atomic mass is 35.5. The van der Waals surface area contributed by atoms with E-state index in [1.807, 2.05) is 6.07 Å². The van der Waals surface area contributed by atoms with Crippen molar-refractivity contribution in [3.8, 4) is 11.3 Å². The molecule has 0 spiro atoms. The summed E-state index contributed by atoms with van der Waals surface area (Å²) in [5, 5.41) is 2.99. The number of carbonyl (C=O) groups is 3. The molecule has 2 atom stereocenters. The lowest BCUT2D eigenvalue weighted by molar-refractivity contribution is -0.129. The fourth-order valence-corrected chi connectivity index (χ4v) is 5.46. The van der Waals surface area contributed by atoms with E-state index < -0.39 is 22.3 Å². The third-order valence-electron chi connectivity index (χ3n) is 6.70. The number of likely N-dealkylation sites (tertiary alicyclic amines) is 1. The van der Waals surface area contributed by atoms with Gasteiger partial charge in [0, 0.05) is 23.8 Å². The third kappa shape index (κ3) is 2.37. The molecule has 1 aromatic heterocycles. The Morgan fingerprint density at radius 2 is 1.69 bits per heavy atom. The molecule has 1 aromatic carbocycles. The van der Waals surface area contributed by atoms with Crippen LogP contribution in [0.15, 0.2) is 41.2 Å². The second kappa shape index (κ2) is 6.03. The summed E-state index contributed by atoms with van der Waals surface area (Å²) in [6.45, 7) is 0.331. The molecule has 3 amide bonds. The van der Waals surface area contributed by atoms with Crippen molar-refractivity contribution >= 4 is 29.3 Å². The van der Waals surface area contributed by atoms with Crippen LogP contribution < -0.4 is 10.9 Å². The number of hydrogen-bond acceptors (Lipinski definition) is 4. The average molecular weight is 412 g/mol. The van der Waals surface area contributed by atoms with Gasteiger partial charge in [0.2, 0.25) is 11.8 Å². The van der Waals surface area contributed by atoms with E-state index in [9.17, 15) is 19.2 Å². The predicted molar refractivity (Wildman–Crippen MR) is 105 cm³/mol. The van der Waals surface area contributed by atoms with Gasteiger partial charge in [-0.05, 0) is 42.7 Å². The van der Waals surface area contributed by atoms with Gasteiger partial charge in [0.1, 0.15) is 5.56 Å². The summed E-state index contributed by atoms with van der Waals surface area (Å²) in [4.78, 5) is 55.0. The van der Waals surface area contributed by atoms with Crippen molar-refractivity contribution in [3.05, 3.63) is 57.3 Å². The van der Waals surface area contributed by atoms with Gasteiger partial charge >= 0.3 is 0 Å². The molecule has 1 saturated carbocycles. The van der Waals surface area contributed by atoms with Crippen molar-refractivity contribution in [1.82, 2.24) is 15.2 Å². The van der Waals surface area contributed by atoms with Crippen molar-refractivity contribution in [2.24, 2.45) is 10.8 Å². The number of rotatable bonds is 2. The molecule has 2 N–H and O–H groups in total. The van der Waals surface area contributed by atoms with Crippen molar-refractivity contribution < 1.29 is 14.4 Å². The first kappa shape index (κ1) is 18.1. The number of hydrogen-bond donors (Lipinski definition) is 2. The third-order valence-corrected chi connectivity index (χ3v) is 6.94. The number of aromatic amines is 1. The topological polar surface area (TPSA) is 99.3 Å². The molecule has 3 heterocycles. The minimum absolute atomic E-state index is 0.00511. The Bertz CT molecular complexity index is 1110. The van der Waals surface area contributed by atoms with E-state index in [-0.39, 0.29) is 30.5 Å². The van der Waals surface area contributed by atoms with E-state index in [0.717, 1.165) is 12.0 Å². The molecule has 29 heavy (non-hydrogen) atoms. The zero-order valence-electron chi connectivity index (χ0n) is 15.5. The molecule has 5 rings (SSSR count). The largest absolute Gasteiger partial charge is 0.336 e. The van der Waals surface area contributed by atoms with Crippen LogP contribution in [0.1, 0.15) is 29.6 Å². The first-order valence-electron chi connectivity index (χ1n) is 9.51. The molecule has 0 radical (unpaired) electrons. The molecule has 2 aromatic rings. The number of nitrogens with zero attached hydrogens (tertiary/aromatic N) is 1. The van der Waals surface area contributed by atoms with E-state index in [1.54, 1.807) is 24.3 Å². The standard InChI is InChI=1S/C21H18ClN3O4/c22-13-4-1-3-12(9-13)15-6-5-14(16(26)23-15)17(27)25-10-20-7-2-8-21(20,11-25)19(29)24-18(20)28/h1,3-6,9H,2,7-8,10-11H2,(H,23,26)(H,24,28,29). The van der Waals surface area contributed by atoms with E-state index in [2.05, 4.69) is 10.3 Å². The molecule has 2 aliphatic heterocycles. The number of H-pyrrole nitrogens is 1. The summed E-state index contributed by atoms with van der Waals surface area (Å²) in [6.07, 6.45) is 1.95. The van der Waals surface area contributed by atoms with Gasteiger partial charge in [-0.25, -0.2) is 0 Å². The molecular weight excluding hydrogens is 394 g/mol. The zero-order valence-corrected chi connectivity index (χ0v) is 16.2. The summed E-state index contributed by atoms with van der Waals surface area (Å²) in [6, 6.07) is 10.2. The van der Waals surface area contributed by atoms with Gasteiger partial charge in [-0.2, -0.15) is 0 Å². The predicted octanol–water partition coefficient (Wildman–Crippen LogP) is 1.96. The molecule has 7 nitrogen and oxygen atoms in total. The van der Waals surface area contributed by atoms with Crippen LogP contribution in [0.2, 0.25) is 5.02 Å². The minimum Gasteiger partial charge on any atom is -0.336 e. The van der Waals surface area contributed by atoms with Crippen molar-refractivity contribution in [3.63, 3.8) is 0 Å². The smallest absolute Gasteiger partial charge is 0.261 e. The van der Waals surface area contributed by atoms with E-state index in [1.165, 1.54) is 11.0 Å². The first-order valence-corrected chi connectivity index (χ1v) is 9.89. The Hall–Kier alpha value is -2.93. The minimum atomic E-state index is -0.854. The van der Waals surface area contributed by atoms with Gasteiger partial charge in [-0.15, -0.1) is 0 Å². The van der Waals surface area contributed by atoms with Crippen LogP contribution in [0, 0.1) is 10.8 Å². The molecule has 148 valence electrons. The Morgan fingerprint density at radius 3 is 2.31 bits per heavy atom. The molecule has 2 saturated heterocycles. The maximum atomic E-state index is 13.1. The van der Waals surface area contributed by atoms with Crippen LogP contribution in [0.3, 0.4) is 0 Å². The maximum Gasteiger partial charge on any atom is 0.261 e. The van der Waals surface area contributed by atoms with Gasteiger partial charge in [-0.1, -0.05) is 30.2 Å². The lowest BCUT2D eigenvalue weighted by atomic mass is 9.70. The number of amides is 3. The highest BCUT2D eigenvalue weighted by Crippen LogP contribution is 2.60. The van der Waals surface area contributed by atoms with E-state index >= 15 is 0 Å². The fourth-order valence-electron chi connectivity index (χ4n) is 5.27. The van der Waals surface area contributed by atoms with E-state index in [4.69, 9.17) is 11.6 Å². The van der Waals surface area contributed by atoms with Crippen LogP contribution in [0.25, 0.3) is 11.3 Å². The van der Waals surface area contributed by atoms with Gasteiger partial charge in [0.15, 0.2) is 0 Å². The monoisotopic (exact) mass is 411 g/mol. The van der Waals surface area contributed by atoms with Gasteiger partial charge in [0.05, 0.1) is 10.8 Å². The number of benzene rings is 1. The van der Waals surface area contributed by atoms with Crippen molar-refractivity contribution in [1.29, 1.82) is 0 Å². The number of aromatic nitrogens is 1. The SMILES string of the molecule is O=C(c1ccc(-c2cccc(Cl)c2)[nH]c1=O)N1CC23CCCC2(C1)C(=O)NC3=O. The van der Waals surface area contributed by atoms with Crippen molar-refractivity contribution in [2.75, 3.05) is 13.1 Å². The molecule has 3 fully saturated rings. The second-order valence-electron chi connectivity index (χ2n) is 8.09. The maximum absolute atomic E-state index is 13.1. The highest BCUT2D eigenvalue weighted by Gasteiger charge is 2.72. The molecule has 1 aliphatic carbocycles. The lowest BCUT2D eigenvalue weighted by Crippen LogP contribution is -2.41. The summed E-state index contributed by atoms with van der Waals surface area (Å²) in [5.74, 6) is -1.04. The Morgan fingerprint density at radius 1 is 1.00 bits per heavy atom. The molecule has 2 unspecified atom stereocenters. The Labute approximate surface area is 171 Å².